The molecule has 0 atom stereocenters. The molecule has 2 aromatic rings. The van der Waals surface area contributed by atoms with Gasteiger partial charge in [0, 0.05) is 18.1 Å². The van der Waals surface area contributed by atoms with Crippen molar-refractivity contribution in [3.8, 4) is 0 Å². The summed E-state index contributed by atoms with van der Waals surface area (Å²) in [5.41, 5.74) is 0.865. The smallest absolute Gasteiger partial charge is 0.187 e. The zero-order valence-corrected chi connectivity index (χ0v) is 10.2. The molecule has 0 radical (unpaired) electrons. The van der Waals surface area contributed by atoms with Crippen LogP contribution in [0.1, 0.15) is 11.5 Å². The Hall–Kier alpha value is -1.20. The highest BCUT2D eigenvalue weighted by molar-refractivity contribution is 7.98. The van der Waals surface area contributed by atoms with Crippen LogP contribution in [0.3, 0.4) is 0 Å². The SMILES string of the molecule is Cc1cc(Cl)nc(CSc2ncccn2)n1. The lowest BCUT2D eigenvalue weighted by Crippen LogP contribution is -1.96. The van der Waals surface area contributed by atoms with Crippen LogP contribution < -0.4 is 0 Å². The summed E-state index contributed by atoms with van der Waals surface area (Å²) in [6.45, 7) is 1.89. The van der Waals surface area contributed by atoms with Gasteiger partial charge in [0.25, 0.3) is 0 Å². The van der Waals surface area contributed by atoms with Crippen molar-refractivity contribution in [2.75, 3.05) is 0 Å². The number of rotatable bonds is 3. The molecule has 0 aliphatic rings. The zero-order chi connectivity index (χ0) is 11.4. The van der Waals surface area contributed by atoms with E-state index in [1.807, 2.05) is 6.92 Å². The number of hydrogen-bond donors (Lipinski definition) is 0. The van der Waals surface area contributed by atoms with Crippen molar-refractivity contribution < 1.29 is 0 Å². The van der Waals surface area contributed by atoms with E-state index in [1.165, 1.54) is 11.8 Å². The molecule has 16 heavy (non-hydrogen) atoms. The fourth-order valence-corrected chi connectivity index (χ4v) is 2.06. The highest BCUT2D eigenvalue weighted by atomic mass is 35.5. The van der Waals surface area contributed by atoms with Crippen LogP contribution in [0.5, 0.6) is 0 Å². The first kappa shape index (κ1) is 11.3. The second kappa shape index (κ2) is 5.23. The summed E-state index contributed by atoms with van der Waals surface area (Å²) in [5, 5.41) is 1.18. The monoisotopic (exact) mass is 252 g/mol. The first-order chi connectivity index (χ1) is 7.74. The molecule has 0 saturated heterocycles. The van der Waals surface area contributed by atoms with Crippen LogP contribution in [0.2, 0.25) is 5.15 Å². The molecule has 2 aromatic heterocycles. The molecular weight excluding hydrogens is 244 g/mol. The van der Waals surface area contributed by atoms with Gasteiger partial charge in [-0.05, 0) is 19.1 Å². The third-order valence-electron chi connectivity index (χ3n) is 1.74. The second-order valence-electron chi connectivity index (χ2n) is 3.07. The van der Waals surface area contributed by atoms with Crippen molar-refractivity contribution in [1.82, 2.24) is 19.9 Å². The molecule has 0 fully saturated rings. The lowest BCUT2D eigenvalue weighted by molar-refractivity contribution is 0.952. The molecule has 0 aliphatic carbocycles. The summed E-state index contributed by atoms with van der Waals surface area (Å²) in [5.74, 6) is 1.31. The number of aryl methyl sites for hydroxylation is 1. The molecule has 0 N–H and O–H groups in total. The average molecular weight is 253 g/mol. The van der Waals surface area contributed by atoms with Gasteiger partial charge < -0.3 is 0 Å². The van der Waals surface area contributed by atoms with E-state index in [0.29, 0.717) is 21.9 Å². The van der Waals surface area contributed by atoms with E-state index in [0.717, 1.165) is 5.69 Å². The van der Waals surface area contributed by atoms with Crippen molar-refractivity contribution in [1.29, 1.82) is 0 Å². The number of nitrogens with zero attached hydrogens (tertiary/aromatic N) is 4. The lowest BCUT2D eigenvalue weighted by Gasteiger charge is -2.01. The van der Waals surface area contributed by atoms with Gasteiger partial charge in [-0.3, -0.25) is 0 Å². The fourth-order valence-electron chi connectivity index (χ4n) is 1.14. The van der Waals surface area contributed by atoms with E-state index < -0.39 is 0 Å². The Morgan fingerprint density at radius 1 is 1.25 bits per heavy atom. The van der Waals surface area contributed by atoms with Crippen LogP contribution in [-0.2, 0) is 5.75 Å². The lowest BCUT2D eigenvalue weighted by atomic mass is 10.4. The summed E-state index contributed by atoms with van der Waals surface area (Å²) in [4.78, 5) is 16.6. The Morgan fingerprint density at radius 2 is 2.00 bits per heavy atom. The molecular formula is C10H9ClN4S. The molecule has 0 saturated carbocycles. The fraction of sp³-hybridized carbons (Fsp3) is 0.200. The Balaban J connectivity index is 2.05. The predicted octanol–water partition coefficient (Wildman–Crippen LogP) is 2.52. The van der Waals surface area contributed by atoms with Crippen molar-refractivity contribution in [3.63, 3.8) is 0 Å². The minimum Gasteiger partial charge on any atom is -0.237 e. The first-order valence-electron chi connectivity index (χ1n) is 4.64. The first-order valence-corrected chi connectivity index (χ1v) is 6.00. The molecule has 6 heteroatoms. The van der Waals surface area contributed by atoms with E-state index in [9.17, 15) is 0 Å². The average Bonchev–Trinajstić information content (AvgIpc) is 2.27. The number of hydrogen-bond acceptors (Lipinski definition) is 5. The maximum atomic E-state index is 5.84. The van der Waals surface area contributed by atoms with Gasteiger partial charge in [0.2, 0.25) is 0 Å². The molecule has 0 spiro atoms. The molecule has 2 heterocycles. The summed E-state index contributed by atoms with van der Waals surface area (Å²) in [6, 6.07) is 3.51. The van der Waals surface area contributed by atoms with Crippen molar-refractivity contribution >= 4 is 23.4 Å². The predicted molar refractivity (Wildman–Crippen MR) is 63.4 cm³/mol. The summed E-state index contributed by atoms with van der Waals surface area (Å²) < 4.78 is 0. The Morgan fingerprint density at radius 3 is 2.69 bits per heavy atom. The number of aromatic nitrogens is 4. The normalized spacial score (nSPS) is 10.4. The van der Waals surface area contributed by atoms with Gasteiger partial charge in [-0.1, -0.05) is 23.4 Å². The Bertz CT molecular complexity index is 457. The molecule has 0 unspecified atom stereocenters. The summed E-state index contributed by atoms with van der Waals surface area (Å²) >= 11 is 7.33. The topological polar surface area (TPSA) is 51.6 Å². The molecule has 0 amide bonds. The van der Waals surface area contributed by atoms with Crippen molar-refractivity contribution in [2.24, 2.45) is 0 Å². The Kier molecular flexibility index (Phi) is 3.69. The highest BCUT2D eigenvalue weighted by Crippen LogP contribution is 2.17. The van der Waals surface area contributed by atoms with Crippen LogP contribution in [0.4, 0.5) is 0 Å². The van der Waals surface area contributed by atoms with Crippen LogP contribution in [0, 0.1) is 6.92 Å². The van der Waals surface area contributed by atoms with Crippen LogP contribution >= 0.6 is 23.4 Å². The quantitative estimate of drug-likeness (QED) is 0.477. The maximum absolute atomic E-state index is 5.84. The van der Waals surface area contributed by atoms with Gasteiger partial charge >= 0.3 is 0 Å². The molecule has 0 bridgehead atoms. The number of thioether (sulfide) groups is 1. The van der Waals surface area contributed by atoms with E-state index in [1.54, 1.807) is 24.5 Å². The third kappa shape index (κ3) is 3.15. The summed E-state index contributed by atoms with van der Waals surface area (Å²) in [7, 11) is 0. The second-order valence-corrected chi connectivity index (χ2v) is 4.40. The van der Waals surface area contributed by atoms with Gasteiger partial charge in [0.1, 0.15) is 11.0 Å². The van der Waals surface area contributed by atoms with E-state index in [4.69, 9.17) is 11.6 Å². The van der Waals surface area contributed by atoms with E-state index in [2.05, 4.69) is 19.9 Å². The van der Waals surface area contributed by atoms with Crippen molar-refractivity contribution in [3.05, 3.63) is 41.2 Å². The minimum absolute atomic E-state index is 0.470. The zero-order valence-electron chi connectivity index (χ0n) is 8.59. The number of halogens is 1. The molecule has 0 aliphatic heterocycles. The molecule has 0 aromatic carbocycles. The van der Waals surface area contributed by atoms with Gasteiger partial charge in [-0.25, -0.2) is 19.9 Å². The third-order valence-corrected chi connectivity index (χ3v) is 2.81. The summed E-state index contributed by atoms with van der Waals surface area (Å²) in [6.07, 6.45) is 3.42. The van der Waals surface area contributed by atoms with Gasteiger partial charge in [-0.15, -0.1) is 0 Å². The van der Waals surface area contributed by atoms with E-state index in [-0.39, 0.29) is 0 Å². The van der Waals surface area contributed by atoms with Gasteiger partial charge in [0.15, 0.2) is 5.16 Å². The minimum atomic E-state index is 0.470. The van der Waals surface area contributed by atoms with Crippen LogP contribution in [0.25, 0.3) is 0 Å². The molecule has 82 valence electrons. The van der Waals surface area contributed by atoms with Gasteiger partial charge in [-0.2, -0.15) is 0 Å². The van der Waals surface area contributed by atoms with Crippen LogP contribution in [0.15, 0.2) is 29.7 Å². The highest BCUT2D eigenvalue weighted by Gasteiger charge is 2.03. The van der Waals surface area contributed by atoms with Crippen molar-refractivity contribution in [2.45, 2.75) is 17.8 Å². The molecule has 2 rings (SSSR count). The maximum Gasteiger partial charge on any atom is 0.187 e. The van der Waals surface area contributed by atoms with Gasteiger partial charge in [0.05, 0.1) is 5.75 Å². The van der Waals surface area contributed by atoms with E-state index >= 15 is 0 Å². The van der Waals surface area contributed by atoms with Crippen LogP contribution in [-0.4, -0.2) is 19.9 Å². The largest absolute Gasteiger partial charge is 0.237 e. The standard InChI is InChI=1S/C10H9ClN4S/c1-7-5-8(11)15-9(14-7)6-16-10-12-3-2-4-13-10/h2-5H,6H2,1H3. The molecule has 4 nitrogen and oxygen atoms in total. The Labute approximate surface area is 103 Å².